The Kier molecular flexibility index (Phi) is 4.34. The van der Waals surface area contributed by atoms with Crippen molar-refractivity contribution in [2.45, 2.75) is 32.7 Å². The number of halogens is 2. The maximum atomic E-state index is 6.08. The summed E-state index contributed by atoms with van der Waals surface area (Å²) in [5.41, 5.74) is 1.02. The summed E-state index contributed by atoms with van der Waals surface area (Å²) in [6.07, 6.45) is 3.91. The maximum Gasteiger partial charge on any atom is 0.204 e. The molecular weight excluding hydrogens is 257 g/mol. The van der Waals surface area contributed by atoms with Crippen molar-refractivity contribution in [3.8, 4) is 0 Å². The van der Waals surface area contributed by atoms with Crippen LogP contribution in [0.1, 0.15) is 31.9 Å². The van der Waals surface area contributed by atoms with E-state index in [1.165, 1.54) is 25.8 Å². The van der Waals surface area contributed by atoms with E-state index >= 15 is 0 Å². The Morgan fingerprint density at radius 2 is 2.18 bits per heavy atom. The molecule has 1 saturated heterocycles. The summed E-state index contributed by atoms with van der Waals surface area (Å²) in [6.45, 7) is 5.44. The van der Waals surface area contributed by atoms with Gasteiger partial charge in [-0.25, -0.2) is 4.98 Å². The molecule has 0 saturated carbocycles. The van der Waals surface area contributed by atoms with Crippen LogP contribution in [0.3, 0.4) is 0 Å². The first-order valence-electron chi connectivity index (χ1n) is 6.20. The van der Waals surface area contributed by atoms with Crippen LogP contribution in [0.4, 0.5) is 0 Å². The minimum Gasteiger partial charge on any atom is -0.319 e. The molecule has 0 aliphatic carbocycles. The van der Waals surface area contributed by atoms with Gasteiger partial charge in [-0.15, -0.1) is 0 Å². The average Bonchev–Trinajstić information content (AvgIpc) is 2.81. The number of likely N-dealkylation sites (tertiary alicyclic amines) is 1. The van der Waals surface area contributed by atoms with Gasteiger partial charge in [-0.3, -0.25) is 4.90 Å². The van der Waals surface area contributed by atoms with E-state index in [0.29, 0.717) is 10.4 Å². The van der Waals surface area contributed by atoms with Gasteiger partial charge in [0.15, 0.2) is 5.15 Å². The van der Waals surface area contributed by atoms with E-state index in [1.807, 2.05) is 11.6 Å². The predicted octanol–water partition coefficient (Wildman–Crippen LogP) is 3.35. The van der Waals surface area contributed by atoms with Gasteiger partial charge in [0.1, 0.15) is 0 Å². The van der Waals surface area contributed by atoms with Gasteiger partial charge in [-0.1, -0.05) is 24.9 Å². The summed E-state index contributed by atoms with van der Waals surface area (Å²) >= 11 is 12.0. The summed E-state index contributed by atoms with van der Waals surface area (Å²) in [7, 11) is 1.91. The first-order valence-corrected chi connectivity index (χ1v) is 6.96. The SMILES string of the molecule is CCCC1CCN(Cc2c(Cl)nc(Cl)n2C)C1. The van der Waals surface area contributed by atoms with Gasteiger partial charge in [-0.05, 0) is 36.9 Å². The number of aromatic nitrogens is 2. The van der Waals surface area contributed by atoms with E-state index in [0.717, 1.165) is 24.7 Å². The van der Waals surface area contributed by atoms with Crippen LogP contribution in [0.2, 0.25) is 10.4 Å². The second-order valence-electron chi connectivity index (χ2n) is 4.86. The third-order valence-corrected chi connectivity index (χ3v) is 4.19. The Balaban J connectivity index is 1.98. The normalized spacial score (nSPS) is 21.3. The van der Waals surface area contributed by atoms with E-state index in [-0.39, 0.29) is 0 Å². The number of nitrogens with zero attached hydrogens (tertiary/aromatic N) is 3. The van der Waals surface area contributed by atoms with Gasteiger partial charge in [-0.2, -0.15) is 0 Å². The Morgan fingerprint density at radius 3 is 2.76 bits per heavy atom. The standard InChI is InChI=1S/C12H19Cl2N3/c1-3-4-9-5-6-17(7-9)8-10-11(13)15-12(14)16(10)2/h9H,3-8H2,1-2H3. The summed E-state index contributed by atoms with van der Waals surface area (Å²) in [5, 5.41) is 1.01. The van der Waals surface area contributed by atoms with Crippen LogP contribution >= 0.6 is 23.2 Å². The van der Waals surface area contributed by atoms with Crippen LogP contribution in [-0.2, 0) is 13.6 Å². The molecule has 0 bridgehead atoms. The quantitative estimate of drug-likeness (QED) is 0.841. The number of rotatable bonds is 4. The van der Waals surface area contributed by atoms with Crippen molar-refractivity contribution < 1.29 is 0 Å². The minimum atomic E-state index is 0.467. The Hall–Kier alpha value is -0.250. The van der Waals surface area contributed by atoms with Crippen molar-refractivity contribution in [3.05, 3.63) is 16.1 Å². The molecule has 3 nitrogen and oxygen atoms in total. The highest BCUT2D eigenvalue weighted by Gasteiger charge is 2.23. The molecule has 17 heavy (non-hydrogen) atoms. The van der Waals surface area contributed by atoms with Gasteiger partial charge in [0, 0.05) is 20.1 Å². The molecule has 1 fully saturated rings. The molecule has 2 rings (SSSR count). The van der Waals surface area contributed by atoms with Crippen molar-refractivity contribution in [2.75, 3.05) is 13.1 Å². The third-order valence-electron chi connectivity index (χ3n) is 3.55. The topological polar surface area (TPSA) is 21.1 Å². The zero-order valence-electron chi connectivity index (χ0n) is 10.4. The zero-order valence-corrected chi connectivity index (χ0v) is 11.9. The summed E-state index contributed by atoms with van der Waals surface area (Å²) in [4.78, 5) is 6.52. The smallest absolute Gasteiger partial charge is 0.204 e. The van der Waals surface area contributed by atoms with Crippen LogP contribution in [0.15, 0.2) is 0 Å². The van der Waals surface area contributed by atoms with Gasteiger partial charge in [0.05, 0.1) is 5.69 Å². The molecule has 0 amide bonds. The molecule has 96 valence electrons. The zero-order chi connectivity index (χ0) is 12.4. The molecule has 0 radical (unpaired) electrons. The lowest BCUT2D eigenvalue weighted by Gasteiger charge is -2.16. The fraction of sp³-hybridized carbons (Fsp3) is 0.750. The van der Waals surface area contributed by atoms with Crippen LogP contribution in [0, 0.1) is 5.92 Å². The lowest BCUT2D eigenvalue weighted by Crippen LogP contribution is -2.21. The van der Waals surface area contributed by atoms with Gasteiger partial charge >= 0.3 is 0 Å². The third kappa shape index (κ3) is 2.95. The van der Waals surface area contributed by atoms with E-state index < -0.39 is 0 Å². The first-order chi connectivity index (χ1) is 8.11. The summed E-state index contributed by atoms with van der Waals surface area (Å²) in [5.74, 6) is 0.850. The monoisotopic (exact) mass is 275 g/mol. The number of imidazole rings is 1. The maximum absolute atomic E-state index is 6.08. The molecular formula is C12H19Cl2N3. The minimum absolute atomic E-state index is 0.467. The molecule has 1 aromatic rings. The van der Waals surface area contributed by atoms with Gasteiger partial charge in [0.2, 0.25) is 5.28 Å². The number of hydrogen-bond acceptors (Lipinski definition) is 2. The van der Waals surface area contributed by atoms with Crippen molar-refractivity contribution >= 4 is 23.2 Å². The molecule has 1 aliphatic heterocycles. The molecule has 0 N–H and O–H groups in total. The van der Waals surface area contributed by atoms with Gasteiger partial charge < -0.3 is 4.57 Å². The molecule has 1 aromatic heterocycles. The van der Waals surface area contributed by atoms with Crippen molar-refractivity contribution in [1.29, 1.82) is 0 Å². The van der Waals surface area contributed by atoms with Crippen LogP contribution < -0.4 is 0 Å². The van der Waals surface area contributed by atoms with E-state index in [4.69, 9.17) is 23.2 Å². The molecule has 0 aromatic carbocycles. The highest BCUT2D eigenvalue weighted by atomic mass is 35.5. The summed E-state index contributed by atoms with van der Waals surface area (Å²) in [6, 6.07) is 0. The molecule has 5 heteroatoms. The van der Waals surface area contributed by atoms with E-state index in [1.54, 1.807) is 0 Å². The van der Waals surface area contributed by atoms with Crippen LogP contribution in [-0.4, -0.2) is 27.5 Å². The van der Waals surface area contributed by atoms with E-state index in [2.05, 4.69) is 16.8 Å². The molecule has 1 aliphatic rings. The fourth-order valence-electron chi connectivity index (χ4n) is 2.55. The largest absolute Gasteiger partial charge is 0.319 e. The Labute approximate surface area is 113 Å². The van der Waals surface area contributed by atoms with Crippen LogP contribution in [0.25, 0.3) is 0 Å². The van der Waals surface area contributed by atoms with E-state index in [9.17, 15) is 0 Å². The molecule has 1 atom stereocenters. The molecule has 1 unspecified atom stereocenters. The van der Waals surface area contributed by atoms with Crippen LogP contribution in [0.5, 0.6) is 0 Å². The predicted molar refractivity (Wildman–Crippen MR) is 71.5 cm³/mol. The highest BCUT2D eigenvalue weighted by Crippen LogP contribution is 2.26. The highest BCUT2D eigenvalue weighted by molar-refractivity contribution is 6.32. The van der Waals surface area contributed by atoms with Gasteiger partial charge in [0.25, 0.3) is 0 Å². The Morgan fingerprint density at radius 1 is 1.41 bits per heavy atom. The molecule has 0 spiro atoms. The average molecular weight is 276 g/mol. The second-order valence-corrected chi connectivity index (χ2v) is 5.55. The lowest BCUT2D eigenvalue weighted by molar-refractivity contribution is 0.306. The van der Waals surface area contributed by atoms with Crippen molar-refractivity contribution in [3.63, 3.8) is 0 Å². The number of hydrogen-bond donors (Lipinski definition) is 0. The Bertz CT molecular complexity index is 389. The molecule has 2 heterocycles. The fourth-order valence-corrected chi connectivity index (χ4v) is 3.05. The summed E-state index contributed by atoms with van der Waals surface area (Å²) < 4.78 is 1.87. The first kappa shape index (κ1) is 13.2. The second kappa shape index (κ2) is 5.59. The van der Waals surface area contributed by atoms with Crippen molar-refractivity contribution in [1.82, 2.24) is 14.5 Å². The lowest BCUT2D eigenvalue weighted by atomic mass is 10.0. The van der Waals surface area contributed by atoms with Crippen molar-refractivity contribution in [2.24, 2.45) is 13.0 Å².